The third-order valence-electron chi connectivity index (χ3n) is 3.46. The van der Waals surface area contributed by atoms with Gasteiger partial charge in [0.05, 0.1) is 25.4 Å². The molecule has 21 heavy (non-hydrogen) atoms. The summed E-state index contributed by atoms with van der Waals surface area (Å²) in [4.78, 5) is 6.51. The first-order valence-corrected chi connectivity index (χ1v) is 7.04. The molecule has 0 spiro atoms. The van der Waals surface area contributed by atoms with E-state index in [9.17, 15) is 0 Å². The standard InChI is InChI=1S/C15H19N5O/c16-15(19-8-10-21-11-9-19)17-12-13-2-4-14(5-3-13)20-7-1-6-18-20/h1-7H,8-12H2,(H2,16,17). The molecule has 1 aromatic carbocycles. The summed E-state index contributed by atoms with van der Waals surface area (Å²) >= 11 is 0. The number of guanidine groups is 1. The van der Waals surface area contributed by atoms with Gasteiger partial charge in [-0.25, -0.2) is 9.67 Å². The van der Waals surface area contributed by atoms with Gasteiger partial charge in [0.15, 0.2) is 5.96 Å². The highest BCUT2D eigenvalue weighted by molar-refractivity contribution is 5.78. The number of hydrogen-bond acceptors (Lipinski definition) is 3. The molecule has 0 saturated carbocycles. The van der Waals surface area contributed by atoms with Crippen molar-refractivity contribution in [1.29, 1.82) is 0 Å². The van der Waals surface area contributed by atoms with E-state index in [1.165, 1.54) is 0 Å². The molecule has 1 aliphatic heterocycles. The molecule has 110 valence electrons. The molecule has 0 amide bonds. The maximum atomic E-state index is 6.01. The molecule has 1 aromatic heterocycles. The molecule has 0 bridgehead atoms. The highest BCUT2D eigenvalue weighted by Crippen LogP contribution is 2.09. The number of nitrogens with zero attached hydrogens (tertiary/aromatic N) is 4. The Morgan fingerprint density at radius 3 is 2.67 bits per heavy atom. The average molecular weight is 285 g/mol. The number of aromatic nitrogens is 2. The predicted octanol–water partition coefficient (Wildman–Crippen LogP) is 1.02. The van der Waals surface area contributed by atoms with Crippen LogP contribution in [0.1, 0.15) is 5.56 Å². The fourth-order valence-electron chi connectivity index (χ4n) is 2.24. The Morgan fingerprint density at radius 1 is 1.24 bits per heavy atom. The number of benzene rings is 1. The van der Waals surface area contributed by atoms with Crippen LogP contribution in [0.3, 0.4) is 0 Å². The lowest BCUT2D eigenvalue weighted by molar-refractivity contribution is 0.0674. The van der Waals surface area contributed by atoms with Crippen molar-refractivity contribution in [2.75, 3.05) is 26.3 Å². The lowest BCUT2D eigenvalue weighted by Crippen LogP contribution is -2.44. The van der Waals surface area contributed by atoms with Gasteiger partial charge in [0.1, 0.15) is 0 Å². The van der Waals surface area contributed by atoms with Crippen LogP contribution in [0.5, 0.6) is 0 Å². The van der Waals surface area contributed by atoms with Crippen LogP contribution < -0.4 is 5.73 Å². The second kappa shape index (κ2) is 6.41. The zero-order valence-corrected chi connectivity index (χ0v) is 11.9. The molecule has 6 heteroatoms. The molecule has 0 unspecified atom stereocenters. The molecule has 2 heterocycles. The maximum absolute atomic E-state index is 6.01. The third-order valence-corrected chi connectivity index (χ3v) is 3.46. The summed E-state index contributed by atoms with van der Waals surface area (Å²) in [6.07, 6.45) is 3.69. The number of rotatable bonds is 3. The molecule has 0 atom stereocenters. The van der Waals surface area contributed by atoms with E-state index in [4.69, 9.17) is 10.5 Å². The maximum Gasteiger partial charge on any atom is 0.191 e. The third kappa shape index (κ3) is 3.41. The van der Waals surface area contributed by atoms with Crippen molar-refractivity contribution in [1.82, 2.24) is 14.7 Å². The van der Waals surface area contributed by atoms with Gasteiger partial charge >= 0.3 is 0 Å². The minimum absolute atomic E-state index is 0.586. The van der Waals surface area contributed by atoms with Gasteiger partial charge in [0.2, 0.25) is 0 Å². The predicted molar refractivity (Wildman–Crippen MR) is 81.3 cm³/mol. The Labute approximate surface area is 123 Å². The number of aliphatic imine (C=N–C) groups is 1. The Balaban J connectivity index is 1.62. The van der Waals surface area contributed by atoms with E-state index < -0.39 is 0 Å². The number of hydrogen-bond donors (Lipinski definition) is 1. The minimum Gasteiger partial charge on any atom is -0.378 e. The van der Waals surface area contributed by atoms with Crippen LogP contribution in [0.25, 0.3) is 5.69 Å². The second-order valence-corrected chi connectivity index (χ2v) is 4.89. The van der Waals surface area contributed by atoms with Gasteiger partial charge in [0.25, 0.3) is 0 Å². The Morgan fingerprint density at radius 2 is 2.00 bits per heavy atom. The van der Waals surface area contributed by atoms with Crippen molar-refractivity contribution in [3.63, 3.8) is 0 Å². The number of morpholine rings is 1. The van der Waals surface area contributed by atoms with Crippen LogP contribution in [0, 0.1) is 0 Å². The first kappa shape index (κ1) is 13.6. The van der Waals surface area contributed by atoms with Crippen LogP contribution >= 0.6 is 0 Å². The molecule has 2 aromatic rings. The van der Waals surface area contributed by atoms with Crippen molar-refractivity contribution in [3.05, 3.63) is 48.3 Å². The highest BCUT2D eigenvalue weighted by atomic mass is 16.5. The molecule has 1 saturated heterocycles. The van der Waals surface area contributed by atoms with E-state index in [1.807, 2.05) is 41.2 Å². The van der Waals surface area contributed by atoms with Crippen molar-refractivity contribution in [2.24, 2.45) is 10.7 Å². The lowest BCUT2D eigenvalue weighted by Gasteiger charge is -2.27. The summed E-state index contributed by atoms with van der Waals surface area (Å²) < 4.78 is 7.13. The normalized spacial score (nSPS) is 16.2. The summed E-state index contributed by atoms with van der Waals surface area (Å²) in [7, 11) is 0. The van der Waals surface area contributed by atoms with Crippen LogP contribution in [-0.4, -0.2) is 46.9 Å². The van der Waals surface area contributed by atoms with Gasteiger partial charge < -0.3 is 15.4 Å². The van der Waals surface area contributed by atoms with E-state index in [0.717, 1.165) is 37.6 Å². The first-order chi connectivity index (χ1) is 10.3. The minimum atomic E-state index is 0.586. The zero-order valence-electron chi connectivity index (χ0n) is 11.9. The zero-order chi connectivity index (χ0) is 14.5. The van der Waals surface area contributed by atoms with Crippen molar-refractivity contribution in [3.8, 4) is 5.69 Å². The monoisotopic (exact) mass is 285 g/mol. The molecule has 6 nitrogen and oxygen atoms in total. The molecular formula is C15H19N5O. The summed E-state index contributed by atoms with van der Waals surface area (Å²) in [5, 5.41) is 4.20. The topological polar surface area (TPSA) is 68.7 Å². The quantitative estimate of drug-likeness (QED) is 0.675. The smallest absolute Gasteiger partial charge is 0.191 e. The average Bonchev–Trinajstić information content (AvgIpc) is 3.08. The summed E-state index contributed by atoms with van der Waals surface area (Å²) in [5.41, 5.74) is 8.17. The van der Waals surface area contributed by atoms with Crippen LogP contribution in [0.2, 0.25) is 0 Å². The molecule has 2 N–H and O–H groups in total. The summed E-state index contributed by atoms with van der Waals surface area (Å²) in [6, 6.07) is 10.1. The SMILES string of the molecule is NC(=NCc1ccc(-n2cccn2)cc1)N1CCOCC1. The first-order valence-electron chi connectivity index (χ1n) is 7.04. The van der Waals surface area contributed by atoms with Crippen LogP contribution in [-0.2, 0) is 11.3 Å². The van der Waals surface area contributed by atoms with E-state index in [0.29, 0.717) is 12.5 Å². The van der Waals surface area contributed by atoms with Gasteiger partial charge in [-0.05, 0) is 23.8 Å². The lowest BCUT2D eigenvalue weighted by atomic mass is 10.2. The van der Waals surface area contributed by atoms with E-state index >= 15 is 0 Å². The van der Waals surface area contributed by atoms with E-state index in [2.05, 4.69) is 15.0 Å². The van der Waals surface area contributed by atoms with Gasteiger partial charge in [-0.1, -0.05) is 12.1 Å². The van der Waals surface area contributed by atoms with Crippen molar-refractivity contribution in [2.45, 2.75) is 6.54 Å². The van der Waals surface area contributed by atoms with Crippen LogP contribution in [0.4, 0.5) is 0 Å². The second-order valence-electron chi connectivity index (χ2n) is 4.89. The van der Waals surface area contributed by atoms with Gasteiger partial charge in [0, 0.05) is 25.5 Å². The Hall–Kier alpha value is -2.34. The summed E-state index contributed by atoms with van der Waals surface area (Å²) in [6.45, 7) is 3.65. The van der Waals surface area contributed by atoms with Crippen molar-refractivity contribution >= 4 is 5.96 Å². The number of ether oxygens (including phenoxy) is 1. The molecular weight excluding hydrogens is 266 g/mol. The molecule has 3 rings (SSSR count). The van der Waals surface area contributed by atoms with Gasteiger partial charge in [-0.2, -0.15) is 5.10 Å². The van der Waals surface area contributed by atoms with Gasteiger partial charge in [-0.15, -0.1) is 0 Å². The largest absolute Gasteiger partial charge is 0.378 e. The van der Waals surface area contributed by atoms with Crippen LogP contribution in [0.15, 0.2) is 47.7 Å². The van der Waals surface area contributed by atoms with Gasteiger partial charge in [-0.3, -0.25) is 0 Å². The Kier molecular flexibility index (Phi) is 4.16. The number of nitrogens with two attached hydrogens (primary N) is 1. The molecule has 0 radical (unpaired) electrons. The summed E-state index contributed by atoms with van der Waals surface area (Å²) in [5.74, 6) is 0.592. The fraction of sp³-hybridized carbons (Fsp3) is 0.333. The molecule has 1 fully saturated rings. The Bertz CT molecular complexity index is 585. The van der Waals surface area contributed by atoms with E-state index in [-0.39, 0.29) is 0 Å². The molecule has 0 aliphatic carbocycles. The fourth-order valence-corrected chi connectivity index (χ4v) is 2.24. The highest BCUT2D eigenvalue weighted by Gasteiger charge is 2.11. The van der Waals surface area contributed by atoms with E-state index in [1.54, 1.807) is 6.20 Å². The molecule has 1 aliphatic rings. The van der Waals surface area contributed by atoms with Crippen molar-refractivity contribution < 1.29 is 4.74 Å².